The second kappa shape index (κ2) is 7.37. The van der Waals surface area contributed by atoms with Crippen molar-refractivity contribution in [2.45, 2.75) is 31.1 Å². The third-order valence-corrected chi connectivity index (χ3v) is 5.88. The minimum absolute atomic E-state index is 0.160. The van der Waals surface area contributed by atoms with Crippen LogP contribution in [0.25, 0.3) is 0 Å². The van der Waals surface area contributed by atoms with Gasteiger partial charge in [-0.15, -0.1) is 0 Å². The molecule has 0 spiro atoms. The summed E-state index contributed by atoms with van der Waals surface area (Å²) in [5, 5.41) is -0.487. The molecular formula is C16H16ClFN2O2S2. The van der Waals surface area contributed by atoms with Gasteiger partial charge in [-0.25, -0.2) is 4.39 Å². The lowest BCUT2D eigenvalue weighted by molar-refractivity contribution is -0.114. The number of amides is 2. The normalized spacial score (nSPS) is 20.4. The quantitative estimate of drug-likeness (QED) is 0.762. The first-order valence-corrected chi connectivity index (χ1v) is 10.0. The zero-order valence-electron chi connectivity index (χ0n) is 13.0. The van der Waals surface area contributed by atoms with Crippen LogP contribution >= 0.6 is 35.3 Å². The number of benzene rings is 1. The summed E-state index contributed by atoms with van der Waals surface area (Å²) < 4.78 is 17.0. The van der Waals surface area contributed by atoms with Gasteiger partial charge in [-0.3, -0.25) is 19.2 Å². The van der Waals surface area contributed by atoms with Gasteiger partial charge in [0.15, 0.2) is 0 Å². The number of halogens is 2. The zero-order chi connectivity index (χ0) is 17.3. The number of hydrogen-bond donors (Lipinski definition) is 1. The van der Waals surface area contributed by atoms with Gasteiger partial charge < -0.3 is 0 Å². The average molecular weight is 387 g/mol. The Morgan fingerprint density at radius 2 is 2.12 bits per heavy atom. The SMILES string of the molecule is CSNC(=O)SC1C2=C(CCCC2)C(=O)N1c1ccc(Cl)cc1F. The second-order valence-electron chi connectivity index (χ2n) is 5.55. The van der Waals surface area contributed by atoms with E-state index in [1.165, 1.54) is 29.0 Å². The van der Waals surface area contributed by atoms with E-state index < -0.39 is 11.2 Å². The third-order valence-electron chi connectivity index (χ3n) is 4.09. The molecule has 1 heterocycles. The largest absolute Gasteiger partial charge is 0.291 e. The standard InChI is InChI=1S/C16H16ClFN2O2S2/c1-23-19-16(22)24-15-11-5-3-2-4-10(11)14(21)20(15)13-7-6-9(17)8-12(13)18/h6-8,15H,2-5H2,1H3,(H,19,22). The number of carbonyl (C=O) groups is 2. The molecule has 0 bridgehead atoms. The third kappa shape index (κ3) is 3.30. The van der Waals surface area contributed by atoms with E-state index in [0.717, 1.165) is 42.2 Å². The van der Waals surface area contributed by atoms with E-state index in [1.54, 1.807) is 12.3 Å². The van der Waals surface area contributed by atoms with Crippen LogP contribution in [0.4, 0.5) is 14.9 Å². The summed E-state index contributed by atoms with van der Waals surface area (Å²) in [6, 6.07) is 4.23. The second-order valence-corrected chi connectivity index (χ2v) is 7.65. The Kier molecular flexibility index (Phi) is 5.42. The molecule has 128 valence electrons. The molecule has 1 aromatic carbocycles. The van der Waals surface area contributed by atoms with Crippen LogP contribution in [-0.4, -0.2) is 22.8 Å². The fourth-order valence-electron chi connectivity index (χ4n) is 3.10. The Morgan fingerprint density at radius 3 is 2.83 bits per heavy atom. The molecule has 0 fully saturated rings. The van der Waals surface area contributed by atoms with Crippen LogP contribution in [0.1, 0.15) is 25.7 Å². The van der Waals surface area contributed by atoms with E-state index in [9.17, 15) is 14.0 Å². The van der Waals surface area contributed by atoms with Gasteiger partial charge in [0.05, 0.1) is 5.69 Å². The minimum atomic E-state index is -0.563. The van der Waals surface area contributed by atoms with Gasteiger partial charge in [0.1, 0.15) is 11.2 Å². The Labute approximate surface area is 153 Å². The van der Waals surface area contributed by atoms with Crippen molar-refractivity contribution in [2.75, 3.05) is 11.2 Å². The van der Waals surface area contributed by atoms with Crippen molar-refractivity contribution in [1.29, 1.82) is 0 Å². The van der Waals surface area contributed by atoms with E-state index in [4.69, 9.17) is 11.6 Å². The zero-order valence-corrected chi connectivity index (χ0v) is 15.4. The van der Waals surface area contributed by atoms with Crippen molar-refractivity contribution in [2.24, 2.45) is 0 Å². The number of rotatable bonds is 3. The number of nitrogens with zero attached hydrogens (tertiary/aromatic N) is 1. The summed E-state index contributed by atoms with van der Waals surface area (Å²) in [6.45, 7) is 0. The molecule has 0 aromatic heterocycles. The first-order chi connectivity index (χ1) is 11.5. The van der Waals surface area contributed by atoms with Gasteiger partial charge in [-0.05, 0) is 61.2 Å². The molecule has 0 saturated carbocycles. The molecule has 0 radical (unpaired) electrons. The molecule has 2 amide bonds. The highest BCUT2D eigenvalue weighted by atomic mass is 35.5. The Balaban J connectivity index is 1.99. The lowest BCUT2D eigenvalue weighted by Crippen LogP contribution is -2.35. The molecule has 1 atom stereocenters. The summed E-state index contributed by atoms with van der Waals surface area (Å²) in [6.07, 6.45) is 5.11. The summed E-state index contributed by atoms with van der Waals surface area (Å²) in [5.41, 5.74) is 1.83. The number of anilines is 1. The minimum Gasteiger partial charge on any atom is -0.291 e. The summed E-state index contributed by atoms with van der Waals surface area (Å²) in [5.74, 6) is -0.771. The highest BCUT2D eigenvalue weighted by Gasteiger charge is 2.43. The summed E-state index contributed by atoms with van der Waals surface area (Å²) in [4.78, 5) is 26.3. The van der Waals surface area contributed by atoms with Gasteiger partial charge >= 0.3 is 0 Å². The van der Waals surface area contributed by atoms with Crippen LogP contribution in [0.5, 0.6) is 0 Å². The molecule has 24 heavy (non-hydrogen) atoms. The van der Waals surface area contributed by atoms with Crippen LogP contribution in [0.3, 0.4) is 0 Å². The first-order valence-electron chi connectivity index (χ1n) is 7.53. The number of thioether (sulfide) groups is 1. The van der Waals surface area contributed by atoms with E-state index in [-0.39, 0.29) is 21.9 Å². The van der Waals surface area contributed by atoms with E-state index >= 15 is 0 Å². The molecule has 2 aliphatic rings. The molecule has 8 heteroatoms. The van der Waals surface area contributed by atoms with E-state index in [2.05, 4.69) is 4.72 Å². The predicted octanol–water partition coefficient (Wildman–Crippen LogP) is 4.74. The van der Waals surface area contributed by atoms with Gasteiger partial charge in [-0.2, -0.15) is 0 Å². The lowest BCUT2D eigenvalue weighted by Gasteiger charge is -2.26. The maximum atomic E-state index is 14.4. The molecule has 3 rings (SSSR count). The van der Waals surface area contributed by atoms with Crippen molar-refractivity contribution >= 4 is 52.1 Å². The molecule has 0 saturated heterocycles. The maximum absolute atomic E-state index is 14.4. The highest BCUT2D eigenvalue weighted by molar-refractivity contribution is 8.15. The van der Waals surface area contributed by atoms with Gasteiger partial charge in [0, 0.05) is 16.9 Å². The van der Waals surface area contributed by atoms with Crippen molar-refractivity contribution in [1.82, 2.24) is 4.72 Å². The van der Waals surface area contributed by atoms with E-state index in [0.29, 0.717) is 6.42 Å². The smallest absolute Gasteiger partial charge is 0.291 e. The topological polar surface area (TPSA) is 49.4 Å². The van der Waals surface area contributed by atoms with Crippen LogP contribution in [0, 0.1) is 5.82 Å². The molecule has 1 unspecified atom stereocenters. The highest BCUT2D eigenvalue weighted by Crippen LogP contribution is 2.44. The van der Waals surface area contributed by atoms with Crippen LogP contribution in [0.2, 0.25) is 5.02 Å². The van der Waals surface area contributed by atoms with Crippen LogP contribution < -0.4 is 9.62 Å². The fourth-order valence-corrected chi connectivity index (χ4v) is 4.79. The molecule has 4 nitrogen and oxygen atoms in total. The van der Waals surface area contributed by atoms with Crippen molar-refractivity contribution < 1.29 is 14.0 Å². The van der Waals surface area contributed by atoms with Gasteiger partial charge in [0.2, 0.25) is 0 Å². The summed E-state index contributed by atoms with van der Waals surface area (Å²) in [7, 11) is 0. The number of nitrogens with one attached hydrogen (secondary N) is 1. The van der Waals surface area contributed by atoms with Crippen LogP contribution in [0.15, 0.2) is 29.3 Å². The molecule has 1 aromatic rings. The Hall–Kier alpha value is -1.18. The van der Waals surface area contributed by atoms with Crippen LogP contribution in [-0.2, 0) is 4.79 Å². The molecule has 1 aliphatic carbocycles. The van der Waals surface area contributed by atoms with Gasteiger partial charge in [-0.1, -0.05) is 23.5 Å². The molecule has 1 aliphatic heterocycles. The molecular weight excluding hydrogens is 371 g/mol. The Bertz CT molecular complexity index is 726. The average Bonchev–Trinajstić information content (AvgIpc) is 2.81. The number of hydrogen-bond acceptors (Lipinski definition) is 4. The first kappa shape index (κ1) is 17.6. The Morgan fingerprint density at radius 1 is 1.38 bits per heavy atom. The summed E-state index contributed by atoms with van der Waals surface area (Å²) >= 11 is 8.03. The van der Waals surface area contributed by atoms with Crippen molar-refractivity contribution in [3.8, 4) is 0 Å². The van der Waals surface area contributed by atoms with Crippen molar-refractivity contribution in [3.05, 3.63) is 40.2 Å². The predicted molar refractivity (Wildman–Crippen MR) is 97.8 cm³/mol. The van der Waals surface area contributed by atoms with Gasteiger partial charge in [0.25, 0.3) is 11.1 Å². The number of carbonyl (C=O) groups excluding carboxylic acids is 2. The maximum Gasteiger partial charge on any atom is 0.291 e. The lowest BCUT2D eigenvalue weighted by atomic mass is 9.94. The van der Waals surface area contributed by atoms with Crippen molar-refractivity contribution in [3.63, 3.8) is 0 Å². The monoisotopic (exact) mass is 386 g/mol. The van der Waals surface area contributed by atoms with E-state index in [1.807, 2.05) is 0 Å². The molecule has 1 N–H and O–H groups in total. The fraction of sp³-hybridized carbons (Fsp3) is 0.375.